The lowest BCUT2D eigenvalue weighted by molar-refractivity contribution is -0.123. The average Bonchev–Trinajstić information content (AvgIpc) is 3.42. The second-order valence-electron chi connectivity index (χ2n) is 7.01. The Balaban J connectivity index is 1.90. The number of nitrogens with one attached hydrogen (secondary N) is 1. The van der Waals surface area contributed by atoms with E-state index in [0.29, 0.717) is 37.7 Å². The standard InChI is InChI=1S/C20H32N2O2/c1-5-15(2)16(3)22(19-10-11-19)13-20(23)21-12-17-8-6-7-9-18(17)14-24-4/h6-9,15-16,19H,5,10-14H2,1-4H3,(H,21,23). The lowest BCUT2D eigenvalue weighted by Gasteiger charge is -2.32. The first kappa shape index (κ1) is 18.9. The summed E-state index contributed by atoms with van der Waals surface area (Å²) < 4.78 is 5.23. The van der Waals surface area contributed by atoms with Crippen molar-refractivity contribution in [3.8, 4) is 0 Å². The molecule has 1 amide bonds. The number of ether oxygens (including phenoxy) is 1. The first-order valence-electron chi connectivity index (χ1n) is 9.15. The highest BCUT2D eigenvalue weighted by atomic mass is 16.5. The first-order chi connectivity index (χ1) is 11.6. The molecule has 0 bridgehead atoms. The van der Waals surface area contributed by atoms with Crippen LogP contribution in [0.2, 0.25) is 0 Å². The zero-order valence-electron chi connectivity index (χ0n) is 15.5. The van der Waals surface area contributed by atoms with Crippen molar-refractivity contribution in [1.82, 2.24) is 10.2 Å². The molecule has 0 saturated heterocycles. The molecule has 2 unspecified atom stereocenters. The molecule has 4 heteroatoms. The van der Waals surface area contributed by atoms with E-state index in [4.69, 9.17) is 4.74 Å². The van der Waals surface area contributed by atoms with E-state index in [2.05, 4.69) is 37.1 Å². The minimum atomic E-state index is 0.115. The van der Waals surface area contributed by atoms with Gasteiger partial charge in [0.2, 0.25) is 5.91 Å². The van der Waals surface area contributed by atoms with Gasteiger partial charge in [-0.25, -0.2) is 0 Å². The van der Waals surface area contributed by atoms with Gasteiger partial charge in [-0.3, -0.25) is 9.69 Å². The Bertz CT molecular complexity index is 528. The molecular formula is C20H32N2O2. The van der Waals surface area contributed by atoms with E-state index < -0.39 is 0 Å². The normalized spacial score (nSPS) is 16.9. The molecular weight excluding hydrogens is 300 g/mol. The fourth-order valence-corrected chi connectivity index (χ4v) is 3.12. The largest absolute Gasteiger partial charge is 0.380 e. The summed E-state index contributed by atoms with van der Waals surface area (Å²) in [6.45, 7) is 8.40. The van der Waals surface area contributed by atoms with Crippen LogP contribution in [0.5, 0.6) is 0 Å². The molecule has 134 valence electrons. The number of hydrogen-bond acceptors (Lipinski definition) is 3. The molecule has 2 atom stereocenters. The van der Waals surface area contributed by atoms with Crippen molar-refractivity contribution in [3.05, 3.63) is 35.4 Å². The van der Waals surface area contributed by atoms with Crippen LogP contribution in [0, 0.1) is 5.92 Å². The van der Waals surface area contributed by atoms with Crippen LogP contribution in [0.3, 0.4) is 0 Å². The highest BCUT2D eigenvalue weighted by Gasteiger charge is 2.34. The third kappa shape index (κ3) is 5.32. The lowest BCUT2D eigenvalue weighted by atomic mass is 9.99. The Hall–Kier alpha value is -1.39. The van der Waals surface area contributed by atoms with Crippen molar-refractivity contribution in [3.63, 3.8) is 0 Å². The maximum absolute atomic E-state index is 12.5. The lowest BCUT2D eigenvalue weighted by Crippen LogP contribution is -2.45. The van der Waals surface area contributed by atoms with E-state index >= 15 is 0 Å². The molecule has 0 spiro atoms. The third-order valence-electron chi connectivity index (χ3n) is 5.23. The van der Waals surface area contributed by atoms with Gasteiger partial charge in [0.05, 0.1) is 13.2 Å². The van der Waals surface area contributed by atoms with E-state index in [0.717, 1.165) is 17.5 Å². The molecule has 1 aromatic rings. The smallest absolute Gasteiger partial charge is 0.234 e. The van der Waals surface area contributed by atoms with Crippen LogP contribution >= 0.6 is 0 Å². The van der Waals surface area contributed by atoms with Gasteiger partial charge in [-0.15, -0.1) is 0 Å². The number of methoxy groups -OCH3 is 1. The number of hydrogen-bond donors (Lipinski definition) is 1. The fraction of sp³-hybridized carbons (Fsp3) is 0.650. The Labute approximate surface area is 146 Å². The van der Waals surface area contributed by atoms with Crippen molar-refractivity contribution in [1.29, 1.82) is 0 Å². The molecule has 1 aliphatic carbocycles. The number of rotatable bonds is 10. The van der Waals surface area contributed by atoms with Crippen molar-refractivity contribution in [2.24, 2.45) is 5.92 Å². The number of amides is 1. The van der Waals surface area contributed by atoms with Gasteiger partial charge >= 0.3 is 0 Å². The van der Waals surface area contributed by atoms with Crippen LogP contribution in [-0.4, -0.2) is 36.5 Å². The van der Waals surface area contributed by atoms with Crippen LogP contribution < -0.4 is 5.32 Å². The van der Waals surface area contributed by atoms with Crippen LogP contribution in [0.15, 0.2) is 24.3 Å². The summed E-state index contributed by atoms with van der Waals surface area (Å²) in [6.07, 6.45) is 3.60. The summed E-state index contributed by atoms with van der Waals surface area (Å²) in [7, 11) is 1.69. The molecule has 2 rings (SSSR count). The average molecular weight is 332 g/mol. The van der Waals surface area contributed by atoms with Gasteiger partial charge in [0, 0.05) is 25.7 Å². The Morgan fingerprint density at radius 2 is 1.96 bits per heavy atom. The summed E-state index contributed by atoms with van der Waals surface area (Å²) in [4.78, 5) is 14.9. The van der Waals surface area contributed by atoms with E-state index in [-0.39, 0.29) is 5.91 Å². The van der Waals surface area contributed by atoms with Gasteiger partial charge in [-0.05, 0) is 36.8 Å². The second-order valence-corrected chi connectivity index (χ2v) is 7.01. The Kier molecular flexibility index (Phi) is 7.25. The number of benzene rings is 1. The van der Waals surface area contributed by atoms with Crippen molar-refractivity contribution in [2.75, 3.05) is 13.7 Å². The van der Waals surface area contributed by atoms with Crippen molar-refractivity contribution in [2.45, 2.75) is 65.3 Å². The molecule has 4 nitrogen and oxygen atoms in total. The summed E-state index contributed by atoms with van der Waals surface area (Å²) in [6, 6.07) is 9.15. The number of nitrogens with zero attached hydrogens (tertiary/aromatic N) is 1. The van der Waals surface area contributed by atoms with E-state index in [1.807, 2.05) is 18.2 Å². The van der Waals surface area contributed by atoms with Gasteiger partial charge < -0.3 is 10.1 Å². The van der Waals surface area contributed by atoms with Gasteiger partial charge in [0.1, 0.15) is 0 Å². The first-order valence-corrected chi connectivity index (χ1v) is 9.15. The maximum atomic E-state index is 12.5. The molecule has 24 heavy (non-hydrogen) atoms. The Morgan fingerprint density at radius 1 is 1.29 bits per heavy atom. The van der Waals surface area contributed by atoms with E-state index in [9.17, 15) is 4.79 Å². The molecule has 1 saturated carbocycles. The number of carbonyl (C=O) groups excluding carboxylic acids is 1. The van der Waals surface area contributed by atoms with E-state index in [1.165, 1.54) is 12.8 Å². The van der Waals surface area contributed by atoms with E-state index in [1.54, 1.807) is 7.11 Å². The Morgan fingerprint density at radius 3 is 2.54 bits per heavy atom. The molecule has 1 aromatic carbocycles. The summed E-state index contributed by atoms with van der Waals surface area (Å²) in [5.74, 6) is 0.727. The molecule has 0 aromatic heterocycles. The SMILES string of the molecule is CCC(C)C(C)N(CC(=O)NCc1ccccc1COC)C1CC1. The minimum Gasteiger partial charge on any atom is -0.380 e. The van der Waals surface area contributed by atoms with Crippen LogP contribution in [0.25, 0.3) is 0 Å². The van der Waals surface area contributed by atoms with Gasteiger partial charge in [-0.1, -0.05) is 44.5 Å². The zero-order valence-corrected chi connectivity index (χ0v) is 15.5. The fourth-order valence-electron chi connectivity index (χ4n) is 3.12. The maximum Gasteiger partial charge on any atom is 0.234 e. The van der Waals surface area contributed by atoms with Gasteiger partial charge in [0.25, 0.3) is 0 Å². The zero-order chi connectivity index (χ0) is 17.5. The molecule has 0 heterocycles. The van der Waals surface area contributed by atoms with Crippen molar-refractivity contribution < 1.29 is 9.53 Å². The molecule has 0 aliphatic heterocycles. The topological polar surface area (TPSA) is 41.6 Å². The predicted molar refractivity (Wildman–Crippen MR) is 97.6 cm³/mol. The van der Waals surface area contributed by atoms with Crippen LogP contribution in [0.1, 0.15) is 51.2 Å². The second kappa shape index (κ2) is 9.19. The van der Waals surface area contributed by atoms with Crippen molar-refractivity contribution >= 4 is 5.91 Å². The minimum absolute atomic E-state index is 0.115. The predicted octanol–water partition coefficient (Wildman–Crippen LogP) is 3.35. The van der Waals surface area contributed by atoms with Gasteiger partial charge in [0.15, 0.2) is 0 Å². The molecule has 1 N–H and O–H groups in total. The molecule has 1 aliphatic rings. The monoisotopic (exact) mass is 332 g/mol. The van der Waals surface area contributed by atoms with Crippen LogP contribution in [-0.2, 0) is 22.7 Å². The summed E-state index contributed by atoms with van der Waals surface area (Å²) in [5.41, 5.74) is 2.26. The molecule has 0 radical (unpaired) electrons. The highest BCUT2D eigenvalue weighted by Crippen LogP contribution is 2.30. The number of carbonyl (C=O) groups is 1. The highest BCUT2D eigenvalue weighted by molar-refractivity contribution is 5.78. The molecule has 1 fully saturated rings. The van der Waals surface area contributed by atoms with Gasteiger partial charge in [-0.2, -0.15) is 0 Å². The van der Waals surface area contributed by atoms with Crippen LogP contribution in [0.4, 0.5) is 0 Å². The summed E-state index contributed by atoms with van der Waals surface area (Å²) in [5, 5.41) is 3.09. The summed E-state index contributed by atoms with van der Waals surface area (Å²) >= 11 is 0. The quantitative estimate of drug-likeness (QED) is 0.714. The third-order valence-corrected chi connectivity index (χ3v) is 5.23.